The highest BCUT2D eigenvalue weighted by Gasteiger charge is 2.08. The Bertz CT molecular complexity index is 558. The standard InChI is InChI=1S/C13H14N2O2/c1-9-7-10(2)15(14-9)12-6-4-5-11(8-12)13(16)17-3/h4-8H,1-3H3. The molecule has 1 heterocycles. The second-order valence-electron chi connectivity index (χ2n) is 3.88. The van der Waals surface area contributed by atoms with Crippen molar-refractivity contribution in [2.24, 2.45) is 0 Å². The lowest BCUT2D eigenvalue weighted by molar-refractivity contribution is 0.0600. The molecule has 88 valence electrons. The smallest absolute Gasteiger partial charge is 0.337 e. The number of nitrogens with zero attached hydrogens (tertiary/aromatic N) is 2. The fourth-order valence-electron chi connectivity index (χ4n) is 1.77. The molecule has 2 rings (SSSR count). The van der Waals surface area contributed by atoms with E-state index in [1.165, 1.54) is 7.11 Å². The second-order valence-corrected chi connectivity index (χ2v) is 3.88. The van der Waals surface area contributed by atoms with Crippen LogP contribution >= 0.6 is 0 Å². The van der Waals surface area contributed by atoms with E-state index in [9.17, 15) is 4.79 Å². The number of hydrogen-bond acceptors (Lipinski definition) is 3. The van der Waals surface area contributed by atoms with Crippen LogP contribution in [0.3, 0.4) is 0 Å². The number of rotatable bonds is 2. The first-order chi connectivity index (χ1) is 8.11. The molecule has 0 aliphatic carbocycles. The summed E-state index contributed by atoms with van der Waals surface area (Å²) < 4.78 is 6.50. The van der Waals surface area contributed by atoms with Crippen molar-refractivity contribution < 1.29 is 9.53 Å². The highest BCUT2D eigenvalue weighted by atomic mass is 16.5. The Morgan fingerprint density at radius 3 is 2.65 bits per heavy atom. The summed E-state index contributed by atoms with van der Waals surface area (Å²) in [6.07, 6.45) is 0. The molecule has 1 aromatic heterocycles. The molecule has 0 saturated heterocycles. The van der Waals surface area contributed by atoms with Gasteiger partial charge in [-0.05, 0) is 38.1 Å². The van der Waals surface area contributed by atoms with E-state index in [0.29, 0.717) is 5.56 Å². The molecule has 0 N–H and O–H groups in total. The zero-order valence-electron chi connectivity index (χ0n) is 10.1. The van der Waals surface area contributed by atoms with Crippen molar-refractivity contribution in [2.75, 3.05) is 7.11 Å². The van der Waals surface area contributed by atoms with Crippen molar-refractivity contribution in [2.45, 2.75) is 13.8 Å². The minimum atomic E-state index is -0.339. The predicted molar refractivity (Wildman–Crippen MR) is 64.4 cm³/mol. The molecule has 0 fully saturated rings. The molecule has 0 atom stereocenters. The topological polar surface area (TPSA) is 44.1 Å². The Morgan fingerprint density at radius 1 is 1.29 bits per heavy atom. The van der Waals surface area contributed by atoms with Crippen LogP contribution in [-0.2, 0) is 4.74 Å². The zero-order chi connectivity index (χ0) is 12.4. The summed E-state index contributed by atoms with van der Waals surface area (Å²) in [5.74, 6) is -0.339. The van der Waals surface area contributed by atoms with Crippen LogP contribution in [0.2, 0.25) is 0 Å². The molecule has 4 nitrogen and oxygen atoms in total. The summed E-state index contributed by atoms with van der Waals surface area (Å²) >= 11 is 0. The van der Waals surface area contributed by atoms with Gasteiger partial charge in [0.1, 0.15) is 0 Å². The molecular weight excluding hydrogens is 216 g/mol. The number of aromatic nitrogens is 2. The highest BCUT2D eigenvalue weighted by molar-refractivity contribution is 5.89. The van der Waals surface area contributed by atoms with Crippen molar-refractivity contribution in [1.82, 2.24) is 9.78 Å². The largest absolute Gasteiger partial charge is 0.465 e. The summed E-state index contributed by atoms with van der Waals surface area (Å²) in [4.78, 5) is 11.4. The number of methoxy groups -OCH3 is 1. The van der Waals surface area contributed by atoms with E-state index in [1.54, 1.807) is 12.1 Å². The van der Waals surface area contributed by atoms with Crippen LogP contribution < -0.4 is 0 Å². The van der Waals surface area contributed by atoms with Crippen LogP contribution in [0.15, 0.2) is 30.3 Å². The maximum absolute atomic E-state index is 11.4. The van der Waals surface area contributed by atoms with E-state index in [0.717, 1.165) is 17.1 Å². The van der Waals surface area contributed by atoms with E-state index in [2.05, 4.69) is 5.10 Å². The van der Waals surface area contributed by atoms with Gasteiger partial charge in [0, 0.05) is 5.69 Å². The van der Waals surface area contributed by atoms with Gasteiger partial charge in [0.2, 0.25) is 0 Å². The van der Waals surface area contributed by atoms with E-state index in [4.69, 9.17) is 4.74 Å². The number of ether oxygens (including phenoxy) is 1. The minimum Gasteiger partial charge on any atom is -0.465 e. The third-order valence-electron chi connectivity index (χ3n) is 2.52. The lowest BCUT2D eigenvalue weighted by Gasteiger charge is -2.06. The number of carbonyl (C=O) groups is 1. The van der Waals surface area contributed by atoms with Gasteiger partial charge in [-0.2, -0.15) is 5.10 Å². The normalized spacial score (nSPS) is 10.3. The molecule has 1 aromatic carbocycles. The number of aryl methyl sites for hydroxylation is 2. The van der Waals surface area contributed by atoms with Gasteiger partial charge in [-0.3, -0.25) is 0 Å². The van der Waals surface area contributed by atoms with Gasteiger partial charge in [-0.15, -0.1) is 0 Å². The Kier molecular flexibility index (Phi) is 2.95. The van der Waals surface area contributed by atoms with Crippen LogP contribution in [0.4, 0.5) is 0 Å². The quantitative estimate of drug-likeness (QED) is 0.743. The van der Waals surface area contributed by atoms with E-state index in [-0.39, 0.29) is 5.97 Å². The molecule has 2 aromatic rings. The van der Waals surface area contributed by atoms with Crippen LogP contribution in [0.25, 0.3) is 5.69 Å². The first-order valence-electron chi connectivity index (χ1n) is 5.34. The molecule has 0 amide bonds. The summed E-state index contributed by atoms with van der Waals surface area (Å²) in [6, 6.07) is 9.21. The van der Waals surface area contributed by atoms with Gasteiger partial charge >= 0.3 is 5.97 Å². The molecule has 0 radical (unpaired) electrons. The summed E-state index contributed by atoms with van der Waals surface area (Å²) in [7, 11) is 1.37. The lowest BCUT2D eigenvalue weighted by atomic mass is 10.2. The third-order valence-corrected chi connectivity index (χ3v) is 2.52. The van der Waals surface area contributed by atoms with Gasteiger partial charge in [0.05, 0.1) is 24.1 Å². The van der Waals surface area contributed by atoms with Crippen LogP contribution in [0.1, 0.15) is 21.7 Å². The first kappa shape index (κ1) is 11.4. The minimum absolute atomic E-state index is 0.339. The fraction of sp³-hybridized carbons (Fsp3) is 0.231. The van der Waals surface area contributed by atoms with Gasteiger partial charge in [0.15, 0.2) is 0 Å². The molecule has 0 saturated carbocycles. The zero-order valence-corrected chi connectivity index (χ0v) is 10.1. The number of benzene rings is 1. The average Bonchev–Trinajstić information content (AvgIpc) is 2.67. The van der Waals surface area contributed by atoms with Crippen molar-refractivity contribution in [3.63, 3.8) is 0 Å². The van der Waals surface area contributed by atoms with Gasteiger partial charge < -0.3 is 4.74 Å². The van der Waals surface area contributed by atoms with E-state index in [1.807, 2.05) is 36.7 Å². The van der Waals surface area contributed by atoms with E-state index >= 15 is 0 Å². The lowest BCUT2D eigenvalue weighted by Crippen LogP contribution is -2.04. The Hall–Kier alpha value is -2.10. The third kappa shape index (κ3) is 2.20. The van der Waals surface area contributed by atoms with Gasteiger partial charge in [-0.25, -0.2) is 9.48 Å². The summed E-state index contributed by atoms with van der Waals surface area (Å²) in [6.45, 7) is 3.92. The van der Waals surface area contributed by atoms with Crippen LogP contribution in [0.5, 0.6) is 0 Å². The SMILES string of the molecule is COC(=O)c1cccc(-n2nc(C)cc2C)c1. The Balaban J connectivity index is 2.46. The van der Waals surface area contributed by atoms with Crippen LogP contribution in [-0.4, -0.2) is 22.9 Å². The van der Waals surface area contributed by atoms with Gasteiger partial charge in [0.25, 0.3) is 0 Å². The molecular formula is C13H14N2O2. The van der Waals surface area contributed by atoms with Crippen molar-refractivity contribution >= 4 is 5.97 Å². The first-order valence-corrected chi connectivity index (χ1v) is 5.34. The summed E-state index contributed by atoms with van der Waals surface area (Å²) in [5.41, 5.74) is 3.37. The number of esters is 1. The molecule has 17 heavy (non-hydrogen) atoms. The Morgan fingerprint density at radius 2 is 2.06 bits per heavy atom. The molecule has 0 bridgehead atoms. The van der Waals surface area contributed by atoms with Crippen molar-refractivity contribution in [3.05, 3.63) is 47.3 Å². The average molecular weight is 230 g/mol. The van der Waals surface area contributed by atoms with Crippen LogP contribution in [0, 0.1) is 13.8 Å². The molecule has 4 heteroatoms. The maximum atomic E-state index is 11.4. The maximum Gasteiger partial charge on any atom is 0.337 e. The second kappa shape index (κ2) is 4.41. The molecule has 0 spiro atoms. The molecule has 0 unspecified atom stereocenters. The van der Waals surface area contributed by atoms with Crippen molar-refractivity contribution in [1.29, 1.82) is 0 Å². The number of hydrogen-bond donors (Lipinski definition) is 0. The fourth-order valence-corrected chi connectivity index (χ4v) is 1.77. The number of carbonyl (C=O) groups excluding carboxylic acids is 1. The van der Waals surface area contributed by atoms with Gasteiger partial charge in [-0.1, -0.05) is 6.07 Å². The van der Waals surface area contributed by atoms with Crippen molar-refractivity contribution in [3.8, 4) is 5.69 Å². The van der Waals surface area contributed by atoms with E-state index < -0.39 is 0 Å². The Labute approximate surface area is 99.8 Å². The monoisotopic (exact) mass is 230 g/mol. The highest BCUT2D eigenvalue weighted by Crippen LogP contribution is 2.14. The summed E-state index contributed by atoms with van der Waals surface area (Å²) in [5, 5.41) is 4.37. The molecule has 0 aliphatic rings. The molecule has 0 aliphatic heterocycles. The predicted octanol–water partition coefficient (Wildman–Crippen LogP) is 2.28.